The Morgan fingerprint density at radius 2 is 2.21 bits per heavy atom. The normalized spacial score (nSPS) is 25.9. The fraction of sp³-hybridized carbons (Fsp3) is 0.591. The van der Waals surface area contributed by atoms with E-state index in [1.165, 1.54) is 4.88 Å². The van der Waals surface area contributed by atoms with E-state index in [0.717, 1.165) is 23.7 Å². The Bertz CT molecular complexity index is 690. The molecule has 1 aromatic heterocycles. The number of aliphatic hydroxyl groups is 2. The van der Waals surface area contributed by atoms with Crippen molar-refractivity contribution in [2.24, 2.45) is 17.8 Å². The van der Waals surface area contributed by atoms with E-state index in [9.17, 15) is 15.0 Å². The molecule has 0 saturated heterocycles. The predicted molar refractivity (Wildman–Crippen MR) is 122 cm³/mol. The maximum atomic E-state index is 10.6. The van der Waals surface area contributed by atoms with Gasteiger partial charge in [-0.1, -0.05) is 30.6 Å². The van der Waals surface area contributed by atoms with Crippen molar-refractivity contribution in [2.45, 2.75) is 63.5 Å². The van der Waals surface area contributed by atoms with Gasteiger partial charge in [-0.3, -0.25) is 4.79 Å². The van der Waals surface area contributed by atoms with Gasteiger partial charge in [-0.2, -0.15) is 0 Å². The minimum Gasteiger partial charge on any atom is -0.481 e. The van der Waals surface area contributed by atoms with Gasteiger partial charge in [0.25, 0.3) is 0 Å². The first-order chi connectivity index (χ1) is 13.9. The molecular weight excluding hydrogens is 451 g/mol. The number of thiophene rings is 1. The number of unbranched alkanes of at least 4 members (excludes halogenated alkanes) is 1. The van der Waals surface area contributed by atoms with Crippen LogP contribution in [0.4, 0.5) is 0 Å². The summed E-state index contributed by atoms with van der Waals surface area (Å²) in [6.07, 6.45) is 12.0. The van der Waals surface area contributed by atoms with E-state index in [1.807, 2.05) is 29.7 Å². The van der Waals surface area contributed by atoms with Gasteiger partial charge in [0.2, 0.25) is 0 Å². The first-order valence-electron chi connectivity index (χ1n) is 10.2. The summed E-state index contributed by atoms with van der Waals surface area (Å²) in [5.74, 6) is -0.335. The third-order valence-corrected chi connectivity index (χ3v) is 7.34. The zero-order chi connectivity index (χ0) is 21.2. The first-order valence-corrected chi connectivity index (χ1v) is 11.9. The zero-order valence-electron chi connectivity index (χ0n) is 16.6. The summed E-state index contributed by atoms with van der Waals surface area (Å²) >= 11 is 5.13. The Labute approximate surface area is 187 Å². The van der Waals surface area contributed by atoms with Crippen molar-refractivity contribution in [1.29, 1.82) is 0 Å². The minimum absolute atomic E-state index is 0.0796. The van der Waals surface area contributed by atoms with Gasteiger partial charge in [0.15, 0.2) is 0 Å². The van der Waals surface area contributed by atoms with Crippen LogP contribution in [-0.2, 0) is 11.2 Å². The molecule has 2 radical (unpaired) electrons. The van der Waals surface area contributed by atoms with Crippen LogP contribution in [0.5, 0.6) is 0 Å². The quantitative estimate of drug-likeness (QED) is 0.229. The predicted octanol–water partition coefficient (Wildman–Crippen LogP) is 4.76. The van der Waals surface area contributed by atoms with Crippen LogP contribution < -0.4 is 0 Å². The highest BCUT2D eigenvalue weighted by Gasteiger charge is 2.39. The monoisotopic (exact) mass is 480 g/mol. The molecule has 1 heterocycles. The molecule has 4 nitrogen and oxygen atoms in total. The Balaban J connectivity index is 1.86. The number of carboxylic acid groups (broad SMARTS) is 1. The number of aliphatic carboxylic acids is 1. The number of rotatable bonds is 12. The molecule has 29 heavy (non-hydrogen) atoms. The molecule has 1 saturated carbocycles. The summed E-state index contributed by atoms with van der Waals surface area (Å²) in [4.78, 5) is 11.8. The lowest BCUT2D eigenvalue weighted by Gasteiger charge is -2.21. The van der Waals surface area contributed by atoms with Crippen LogP contribution in [0.2, 0.25) is 6.32 Å². The standard InChI is InChI=1S/C22H30BBrO4S/c23-13-15-11-21(26)20(5-3-1-2-4-6-22(27)28)19(15)10-8-17(25)7-9-18-12-16(24)14-29-18/h1,3,8,10,12,14-15,17,19-21,25-26H,2,4-7,9,11,13H2,(H,27,28)/b3-1-,10-8+/t15-,17-,19-,20+,21?/m0/s1. The lowest BCUT2D eigenvalue weighted by molar-refractivity contribution is -0.137. The summed E-state index contributed by atoms with van der Waals surface area (Å²) in [6.45, 7) is 0. The van der Waals surface area contributed by atoms with Gasteiger partial charge in [0.05, 0.1) is 20.1 Å². The van der Waals surface area contributed by atoms with Crippen molar-refractivity contribution in [3.63, 3.8) is 0 Å². The maximum Gasteiger partial charge on any atom is 0.303 e. The fourth-order valence-electron chi connectivity index (χ4n) is 3.99. The molecule has 0 bridgehead atoms. The van der Waals surface area contributed by atoms with Crippen molar-refractivity contribution in [3.05, 3.63) is 45.1 Å². The van der Waals surface area contributed by atoms with Crippen LogP contribution in [-0.4, -0.2) is 41.3 Å². The summed E-state index contributed by atoms with van der Waals surface area (Å²) in [5, 5.41) is 31.6. The van der Waals surface area contributed by atoms with Gasteiger partial charge in [0.1, 0.15) is 0 Å². The molecule has 1 unspecified atom stereocenters. The average molecular weight is 481 g/mol. The second-order valence-electron chi connectivity index (χ2n) is 7.76. The van der Waals surface area contributed by atoms with E-state index in [1.54, 1.807) is 11.3 Å². The molecule has 2 rings (SSSR count). The van der Waals surface area contributed by atoms with Crippen LogP contribution in [0.15, 0.2) is 40.2 Å². The molecule has 0 amide bonds. The number of hydrogen-bond acceptors (Lipinski definition) is 4. The highest BCUT2D eigenvalue weighted by molar-refractivity contribution is 9.10. The fourth-order valence-corrected chi connectivity index (χ4v) is 5.46. The topological polar surface area (TPSA) is 77.8 Å². The third-order valence-electron chi connectivity index (χ3n) is 5.58. The second kappa shape index (κ2) is 12.7. The van der Waals surface area contributed by atoms with Crippen molar-refractivity contribution >= 4 is 41.1 Å². The molecule has 0 aromatic carbocycles. The zero-order valence-corrected chi connectivity index (χ0v) is 19.0. The maximum absolute atomic E-state index is 10.6. The number of allylic oxidation sites excluding steroid dienone is 3. The molecule has 1 aromatic rings. The van der Waals surface area contributed by atoms with Crippen molar-refractivity contribution < 1.29 is 20.1 Å². The average Bonchev–Trinajstić information content (AvgIpc) is 3.23. The largest absolute Gasteiger partial charge is 0.481 e. The number of aryl methyl sites for hydroxylation is 1. The lowest BCUT2D eigenvalue weighted by atomic mass is 9.80. The molecule has 1 aliphatic carbocycles. The van der Waals surface area contributed by atoms with Crippen molar-refractivity contribution in [3.8, 4) is 0 Å². The SMILES string of the molecule is [B]C[C@@H]1CC(O)[C@H](C/C=C\CCCC(=O)O)[C@H]1/C=C/[C@@H](O)CCc1cc(Br)cs1. The van der Waals surface area contributed by atoms with Crippen LogP contribution in [0.25, 0.3) is 0 Å². The molecule has 3 N–H and O–H groups in total. The third kappa shape index (κ3) is 8.40. The van der Waals surface area contributed by atoms with Gasteiger partial charge in [-0.25, -0.2) is 0 Å². The van der Waals surface area contributed by atoms with Gasteiger partial charge in [-0.05, 0) is 78.3 Å². The van der Waals surface area contributed by atoms with Gasteiger partial charge in [-0.15, -0.1) is 11.3 Å². The number of halogens is 1. The van der Waals surface area contributed by atoms with Crippen LogP contribution in [0, 0.1) is 17.8 Å². The van der Waals surface area contributed by atoms with Crippen LogP contribution in [0.3, 0.4) is 0 Å². The molecule has 0 aliphatic heterocycles. The summed E-state index contributed by atoms with van der Waals surface area (Å²) in [7, 11) is 5.93. The molecule has 5 atom stereocenters. The molecule has 1 fully saturated rings. The first kappa shape index (κ1) is 24.4. The summed E-state index contributed by atoms with van der Waals surface area (Å²) < 4.78 is 1.08. The smallest absolute Gasteiger partial charge is 0.303 e. The van der Waals surface area contributed by atoms with E-state index in [0.29, 0.717) is 25.6 Å². The van der Waals surface area contributed by atoms with Crippen LogP contribution >= 0.6 is 27.3 Å². The Hall–Kier alpha value is -0.885. The summed E-state index contributed by atoms with van der Waals surface area (Å²) in [5.41, 5.74) is 0. The Morgan fingerprint density at radius 1 is 1.41 bits per heavy atom. The molecule has 1 aliphatic rings. The minimum atomic E-state index is -0.772. The Kier molecular flexibility index (Phi) is 10.7. The highest BCUT2D eigenvalue weighted by atomic mass is 79.9. The number of carboxylic acids is 1. The summed E-state index contributed by atoms with van der Waals surface area (Å²) in [6, 6.07) is 2.08. The van der Waals surface area contributed by atoms with E-state index < -0.39 is 18.2 Å². The Morgan fingerprint density at radius 3 is 2.86 bits per heavy atom. The molecular formula is C22H30BBrO4S. The number of hydrogen-bond donors (Lipinski definition) is 3. The highest BCUT2D eigenvalue weighted by Crippen LogP contribution is 2.42. The van der Waals surface area contributed by atoms with Crippen LogP contribution in [0.1, 0.15) is 43.4 Å². The van der Waals surface area contributed by atoms with Crippen molar-refractivity contribution in [1.82, 2.24) is 0 Å². The molecule has 0 spiro atoms. The van der Waals surface area contributed by atoms with Crippen molar-refractivity contribution in [2.75, 3.05) is 0 Å². The number of carbonyl (C=O) groups is 1. The second-order valence-corrected chi connectivity index (χ2v) is 9.67. The van der Waals surface area contributed by atoms with E-state index in [2.05, 4.69) is 22.0 Å². The van der Waals surface area contributed by atoms with Gasteiger partial charge < -0.3 is 15.3 Å². The molecule has 158 valence electrons. The molecule has 7 heteroatoms. The van der Waals surface area contributed by atoms with E-state index in [-0.39, 0.29) is 24.2 Å². The van der Waals surface area contributed by atoms with Gasteiger partial charge in [0, 0.05) is 21.2 Å². The van der Waals surface area contributed by atoms with E-state index in [4.69, 9.17) is 13.0 Å². The van der Waals surface area contributed by atoms with E-state index >= 15 is 0 Å². The number of aliphatic hydroxyl groups excluding tert-OH is 2. The lowest BCUT2D eigenvalue weighted by Crippen LogP contribution is -2.19. The van der Waals surface area contributed by atoms with Gasteiger partial charge >= 0.3 is 5.97 Å².